The van der Waals surface area contributed by atoms with Crippen LogP contribution >= 0.6 is 0 Å². The fourth-order valence-corrected chi connectivity index (χ4v) is 1.58. The van der Waals surface area contributed by atoms with Crippen molar-refractivity contribution in [2.75, 3.05) is 0 Å². The van der Waals surface area contributed by atoms with E-state index in [0.29, 0.717) is 0 Å². The van der Waals surface area contributed by atoms with Gasteiger partial charge in [0, 0.05) is 19.3 Å². The number of benzene rings is 1. The van der Waals surface area contributed by atoms with Gasteiger partial charge in [0.1, 0.15) is 6.17 Å². The zero-order valence-corrected chi connectivity index (χ0v) is 9.00. The highest BCUT2D eigenvalue weighted by Gasteiger charge is 2.12. The number of hydrogen-bond acceptors (Lipinski definition) is 2. The van der Waals surface area contributed by atoms with Crippen LogP contribution in [0.5, 0.6) is 0 Å². The quantitative estimate of drug-likeness (QED) is 0.844. The van der Waals surface area contributed by atoms with Crippen molar-refractivity contribution in [1.29, 1.82) is 0 Å². The summed E-state index contributed by atoms with van der Waals surface area (Å²) in [6, 6.07) is 9.78. The third-order valence-corrected chi connectivity index (χ3v) is 2.28. The molecule has 0 bridgehead atoms. The summed E-state index contributed by atoms with van der Waals surface area (Å²) >= 11 is 0. The molecule has 0 saturated heterocycles. The van der Waals surface area contributed by atoms with E-state index in [1.165, 1.54) is 6.92 Å². The molecule has 1 atom stereocenters. The molecule has 1 aromatic carbocycles. The molecule has 0 aliphatic carbocycles. The molecule has 0 aliphatic heterocycles. The fourth-order valence-electron chi connectivity index (χ4n) is 1.58. The van der Waals surface area contributed by atoms with Crippen LogP contribution in [0.3, 0.4) is 0 Å². The maximum atomic E-state index is 11.2. The summed E-state index contributed by atoms with van der Waals surface area (Å²) in [5, 5.41) is 2.88. The van der Waals surface area contributed by atoms with Gasteiger partial charge in [0.2, 0.25) is 5.91 Å². The van der Waals surface area contributed by atoms with Gasteiger partial charge in [0.15, 0.2) is 0 Å². The lowest BCUT2D eigenvalue weighted by molar-refractivity contribution is -0.119. The minimum absolute atomic E-state index is 0.0671. The number of nitrogens with zero attached hydrogens (tertiary/aromatic N) is 2. The lowest BCUT2D eigenvalue weighted by Gasteiger charge is -2.19. The van der Waals surface area contributed by atoms with Crippen molar-refractivity contribution in [3.05, 3.63) is 54.6 Å². The van der Waals surface area contributed by atoms with Crippen molar-refractivity contribution in [3.63, 3.8) is 0 Å². The molecule has 4 nitrogen and oxygen atoms in total. The lowest BCUT2D eigenvalue weighted by atomic mass is 10.1. The SMILES string of the molecule is CC(=O)NC(c1ccccc1)n1ccnc1. The average Bonchev–Trinajstić information content (AvgIpc) is 2.80. The lowest BCUT2D eigenvalue weighted by Crippen LogP contribution is -2.30. The van der Waals surface area contributed by atoms with Crippen LogP contribution in [0.2, 0.25) is 0 Å². The minimum atomic E-state index is -0.193. The van der Waals surface area contributed by atoms with E-state index < -0.39 is 0 Å². The van der Waals surface area contributed by atoms with Gasteiger partial charge in [-0.2, -0.15) is 0 Å². The first-order chi connectivity index (χ1) is 7.77. The van der Waals surface area contributed by atoms with Crippen molar-refractivity contribution in [2.24, 2.45) is 0 Å². The standard InChI is InChI=1S/C12H13N3O/c1-10(16)14-12(15-8-7-13-9-15)11-5-3-2-4-6-11/h2-9,12H,1H3,(H,14,16). The molecule has 0 radical (unpaired) electrons. The first kappa shape index (κ1) is 10.4. The van der Waals surface area contributed by atoms with E-state index in [4.69, 9.17) is 0 Å². The normalized spacial score (nSPS) is 12.1. The van der Waals surface area contributed by atoms with Gasteiger partial charge in [0.05, 0.1) is 6.33 Å². The number of aromatic nitrogens is 2. The Bertz CT molecular complexity index is 450. The molecular weight excluding hydrogens is 202 g/mol. The third kappa shape index (κ3) is 2.28. The number of amides is 1. The second-order valence-corrected chi connectivity index (χ2v) is 3.52. The predicted molar refractivity (Wildman–Crippen MR) is 60.6 cm³/mol. The molecule has 1 heterocycles. The summed E-state index contributed by atoms with van der Waals surface area (Å²) in [5.41, 5.74) is 1.02. The highest BCUT2D eigenvalue weighted by Crippen LogP contribution is 2.14. The maximum Gasteiger partial charge on any atom is 0.218 e. The molecule has 1 aromatic heterocycles. The van der Waals surface area contributed by atoms with Crippen LogP contribution < -0.4 is 5.32 Å². The van der Waals surface area contributed by atoms with Gasteiger partial charge in [-0.05, 0) is 5.56 Å². The predicted octanol–water partition coefficient (Wildman–Crippen LogP) is 1.57. The summed E-state index contributed by atoms with van der Waals surface area (Å²) in [4.78, 5) is 15.2. The summed E-state index contributed by atoms with van der Waals surface area (Å²) in [5.74, 6) is -0.0671. The highest BCUT2D eigenvalue weighted by atomic mass is 16.1. The van der Waals surface area contributed by atoms with Gasteiger partial charge >= 0.3 is 0 Å². The minimum Gasteiger partial charge on any atom is -0.332 e. The van der Waals surface area contributed by atoms with E-state index in [2.05, 4.69) is 10.3 Å². The van der Waals surface area contributed by atoms with Gasteiger partial charge in [-0.1, -0.05) is 30.3 Å². The number of carbonyl (C=O) groups is 1. The number of hydrogen-bond donors (Lipinski definition) is 1. The Hall–Kier alpha value is -2.10. The van der Waals surface area contributed by atoms with Gasteiger partial charge in [-0.3, -0.25) is 4.79 Å². The largest absolute Gasteiger partial charge is 0.332 e. The highest BCUT2D eigenvalue weighted by molar-refractivity contribution is 5.73. The van der Waals surface area contributed by atoms with Crippen molar-refractivity contribution in [2.45, 2.75) is 13.1 Å². The molecule has 2 aromatic rings. The molecule has 0 spiro atoms. The molecule has 0 aliphatic rings. The van der Waals surface area contributed by atoms with Crippen molar-refractivity contribution in [3.8, 4) is 0 Å². The molecule has 0 saturated carbocycles. The van der Waals surface area contributed by atoms with Crippen LogP contribution in [0.1, 0.15) is 18.7 Å². The molecule has 0 fully saturated rings. The van der Waals surface area contributed by atoms with E-state index in [9.17, 15) is 4.79 Å². The van der Waals surface area contributed by atoms with Crippen molar-refractivity contribution >= 4 is 5.91 Å². The average molecular weight is 215 g/mol. The van der Waals surface area contributed by atoms with Gasteiger partial charge < -0.3 is 9.88 Å². The maximum absolute atomic E-state index is 11.2. The van der Waals surface area contributed by atoms with E-state index in [1.54, 1.807) is 12.5 Å². The number of nitrogens with one attached hydrogen (secondary N) is 1. The molecular formula is C12H13N3O. The summed E-state index contributed by atoms with van der Waals surface area (Å²) < 4.78 is 1.86. The van der Waals surface area contributed by atoms with E-state index in [-0.39, 0.29) is 12.1 Å². The van der Waals surface area contributed by atoms with Gasteiger partial charge in [-0.25, -0.2) is 4.98 Å². The van der Waals surface area contributed by atoms with Crippen molar-refractivity contribution < 1.29 is 4.79 Å². The Balaban J connectivity index is 2.32. The van der Waals surface area contributed by atoms with Crippen LogP contribution in [0.25, 0.3) is 0 Å². The third-order valence-electron chi connectivity index (χ3n) is 2.28. The monoisotopic (exact) mass is 215 g/mol. The topological polar surface area (TPSA) is 46.9 Å². The Morgan fingerprint density at radius 3 is 2.69 bits per heavy atom. The summed E-state index contributed by atoms with van der Waals surface area (Å²) in [7, 11) is 0. The molecule has 1 unspecified atom stereocenters. The van der Waals surface area contributed by atoms with E-state index >= 15 is 0 Å². The molecule has 1 amide bonds. The Morgan fingerprint density at radius 2 is 2.12 bits per heavy atom. The molecule has 82 valence electrons. The van der Waals surface area contributed by atoms with Gasteiger partial charge in [0.25, 0.3) is 0 Å². The van der Waals surface area contributed by atoms with E-state index in [0.717, 1.165) is 5.56 Å². The van der Waals surface area contributed by atoms with Crippen LogP contribution in [-0.4, -0.2) is 15.5 Å². The first-order valence-electron chi connectivity index (χ1n) is 5.07. The molecule has 4 heteroatoms. The van der Waals surface area contributed by atoms with Crippen LogP contribution in [0.15, 0.2) is 49.1 Å². The molecule has 1 N–H and O–H groups in total. The number of imidazole rings is 1. The Kier molecular flexibility index (Phi) is 3.00. The Labute approximate surface area is 93.9 Å². The summed E-state index contributed by atoms with van der Waals surface area (Å²) in [6.45, 7) is 1.51. The zero-order valence-electron chi connectivity index (χ0n) is 9.00. The second-order valence-electron chi connectivity index (χ2n) is 3.52. The number of rotatable bonds is 3. The van der Waals surface area contributed by atoms with E-state index in [1.807, 2.05) is 41.1 Å². The van der Waals surface area contributed by atoms with Crippen molar-refractivity contribution in [1.82, 2.24) is 14.9 Å². The van der Waals surface area contributed by atoms with Crippen LogP contribution in [0, 0.1) is 0 Å². The van der Waals surface area contributed by atoms with Gasteiger partial charge in [-0.15, -0.1) is 0 Å². The first-order valence-corrected chi connectivity index (χ1v) is 5.07. The van der Waals surface area contributed by atoms with Crippen LogP contribution in [-0.2, 0) is 4.79 Å². The smallest absolute Gasteiger partial charge is 0.218 e. The number of carbonyl (C=O) groups excluding carboxylic acids is 1. The fraction of sp³-hybridized carbons (Fsp3) is 0.167. The molecule has 16 heavy (non-hydrogen) atoms. The molecule has 2 rings (SSSR count). The Morgan fingerprint density at radius 1 is 1.38 bits per heavy atom. The van der Waals surface area contributed by atoms with Crippen LogP contribution in [0.4, 0.5) is 0 Å². The second kappa shape index (κ2) is 4.61. The summed E-state index contributed by atoms with van der Waals surface area (Å²) in [6.07, 6.45) is 5.01. The zero-order chi connectivity index (χ0) is 11.4.